The summed E-state index contributed by atoms with van der Waals surface area (Å²) in [5, 5.41) is 24.1. The molecule has 1 fully saturated rings. The molecule has 0 radical (unpaired) electrons. The molecule has 7 heteroatoms. The Morgan fingerprint density at radius 1 is 1.07 bits per heavy atom. The van der Waals surface area contributed by atoms with E-state index in [1.54, 1.807) is 12.1 Å². The topological polar surface area (TPSA) is 83.4 Å². The Kier molecular flexibility index (Phi) is 5.00. The van der Waals surface area contributed by atoms with Crippen LogP contribution in [-0.4, -0.2) is 46.6 Å². The van der Waals surface area contributed by atoms with Gasteiger partial charge >= 0.3 is 0 Å². The molecule has 0 unspecified atom stereocenters. The monoisotopic (exact) mass is 379 g/mol. The summed E-state index contributed by atoms with van der Waals surface area (Å²) < 4.78 is 5.45. The van der Waals surface area contributed by atoms with Crippen molar-refractivity contribution in [3.05, 3.63) is 47.3 Å². The summed E-state index contributed by atoms with van der Waals surface area (Å²) in [5.74, 6) is 1.90. The van der Waals surface area contributed by atoms with Crippen LogP contribution in [0.3, 0.4) is 0 Å². The van der Waals surface area contributed by atoms with Gasteiger partial charge in [-0.15, -0.1) is 5.10 Å². The second-order valence-corrected chi connectivity index (χ2v) is 7.29. The molecule has 1 atom stereocenters. The molecule has 0 aliphatic carbocycles. The first-order valence-corrected chi connectivity index (χ1v) is 9.54. The highest BCUT2D eigenvalue weighted by Gasteiger charge is 2.17. The van der Waals surface area contributed by atoms with Crippen LogP contribution >= 0.6 is 0 Å². The minimum Gasteiger partial charge on any atom is -0.508 e. The first kappa shape index (κ1) is 18.4. The maximum atomic E-state index is 9.92. The number of pyridine rings is 1. The molecule has 4 rings (SSSR count). The number of ether oxygens (including phenoxy) is 1. The molecule has 0 spiro atoms. The highest BCUT2D eigenvalue weighted by atomic mass is 16.5. The van der Waals surface area contributed by atoms with E-state index in [1.807, 2.05) is 27.0 Å². The largest absolute Gasteiger partial charge is 0.508 e. The van der Waals surface area contributed by atoms with Crippen molar-refractivity contribution in [2.45, 2.75) is 26.8 Å². The second-order valence-electron chi connectivity index (χ2n) is 7.29. The summed E-state index contributed by atoms with van der Waals surface area (Å²) in [6, 6.07) is 7.62. The highest BCUT2D eigenvalue weighted by molar-refractivity contribution is 5.94. The lowest BCUT2D eigenvalue weighted by atomic mass is 10.0. The number of benzene rings is 1. The number of nitrogens with zero attached hydrogens (tertiary/aromatic N) is 4. The molecule has 146 valence electrons. The summed E-state index contributed by atoms with van der Waals surface area (Å²) in [6.07, 6.45) is 1.87. The molecule has 7 nitrogen and oxygen atoms in total. The van der Waals surface area contributed by atoms with Crippen LogP contribution in [0.1, 0.15) is 29.8 Å². The SMILES string of the molecule is Cc1cc(O)cc([C@@H](C)Nc2nnc(C)c3cnc(N4CCOCC4)cc23)c1. The van der Waals surface area contributed by atoms with Gasteiger partial charge in [-0.05, 0) is 50.1 Å². The number of rotatable bonds is 4. The summed E-state index contributed by atoms with van der Waals surface area (Å²) >= 11 is 0. The minimum absolute atomic E-state index is 0.0361. The van der Waals surface area contributed by atoms with Gasteiger partial charge in [0.05, 0.1) is 24.9 Å². The lowest BCUT2D eigenvalue weighted by Crippen LogP contribution is -2.36. The van der Waals surface area contributed by atoms with E-state index in [0.717, 1.165) is 46.5 Å². The Morgan fingerprint density at radius 2 is 1.86 bits per heavy atom. The van der Waals surface area contributed by atoms with Crippen molar-refractivity contribution in [3.8, 4) is 5.75 Å². The highest BCUT2D eigenvalue weighted by Crippen LogP contribution is 2.30. The molecule has 2 N–H and O–H groups in total. The van der Waals surface area contributed by atoms with Gasteiger partial charge in [-0.1, -0.05) is 6.07 Å². The molecule has 1 aliphatic heterocycles. The van der Waals surface area contributed by atoms with Gasteiger partial charge in [-0.3, -0.25) is 0 Å². The predicted molar refractivity (Wildman–Crippen MR) is 110 cm³/mol. The van der Waals surface area contributed by atoms with Crippen molar-refractivity contribution in [1.29, 1.82) is 0 Å². The Bertz CT molecular complexity index is 981. The number of aromatic hydroxyl groups is 1. The number of morpholine rings is 1. The number of hydrogen-bond donors (Lipinski definition) is 2. The second kappa shape index (κ2) is 7.59. The van der Waals surface area contributed by atoms with Gasteiger partial charge in [0.1, 0.15) is 11.6 Å². The lowest BCUT2D eigenvalue weighted by Gasteiger charge is -2.28. The average Bonchev–Trinajstić information content (AvgIpc) is 2.70. The molecule has 0 amide bonds. The number of phenols is 1. The maximum absolute atomic E-state index is 9.92. The van der Waals surface area contributed by atoms with Gasteiger partial charge in [0.15, 0.2) is 5.82 Å². The van der Waals surface area contributed by atoms with E-state index in [1.165, 1.54) is 0 Å². The third-order valence-corrected chi connectivity index (χ3v) is 5.11. The van der Waals surface area contributed by atoms with Gasteiger partial charge in [0.25, 0.3) is 0 Å². The van der Waals surface area contributed by atoms with Crippen LogP contribution in [-0.2, 0) is 4.74 Å². The van der Waals surface area contributed by atoms with Gasteiger partial charge in [-0.2, -0.15) is 5.10 Å². The Hall–Kier alpha value is -2.93. The fourth-order valence-corrected chi connectivity index (χ4v) is 3.56. The van der Waals surface area contributed by atoms with Crippen molar-refractivity contribution >= 4 is 22.4 Å². The van der Waals surface area contributed by atoms with Gasteiger partial charge in [0, 0.05) is 30.1 Å². The molecule has 3 heterocycles. The third kappa shape index (κ3) is 3.71. The van der Waals surface area contributed by atoms with Crippen LogP contribution in [0.15, 0.2) is 30.5 Å². The first-order valence-electron chi connectivity index (χ1n) is 9.54. The van der Waals surface area contributed by atoms with E-state index in [-0.39, 0.29) is 11.8 Å². The normalized spacial score (nSPS) is 15.6. The van der Waals surface area contributed by atoms with Gasteiger partial charge in [-0.25, -0.2) is 4.98 Å². The minimum atomic E-state index is -0.0361. The van der Waals surface area contributed by atoms with Crippen LogP contribution in [0.25, 0.3) is 10.8 Å². The zero-order valence-corrected chi connectivity index (χ0v) is 16.4. The standard InChI is InChI=1S/C21H25N5O2/c1-13-8-16(10-17(27)9-13)14(2)23-21-18-11-20(26-4-6-28-7-5-26)22-12-19(18)15(3)24-25-21/h8-12,14,27H,4-7H2,1-3H3,(H,23,25)/t14-/m1/s1. The molecule has 0 saturated carbocycles. The van der Waals surface area contributed by atoms with Crippen molar-refractivity contribution in [3.63, 3.8) is 0 Å². The van der Waals surface area contributed by atoms with Crippen molar-refractivity contribution in [1.82, 2.24) is 15.2 Å². The molecular formula is C21H25N5O2. The predicted octanol–water partition coefficient (Wildman–Crippen LogP) is 3.36. The van der Waals surface area contributed by atoms with Crippen molar-refractivity contribution in [2.24, 2.45) is 0 Å². The summed E-state index contributed by atoms with van der Waals surface area (Å²) in [6.45, 7) is 9.05. The number of fused-ring (bicyclic) bond motifs is 1. The van der Waals surface area contributed by atoms with E-state index in [0.29, 0.717) is 19.0 Å². The van der Waals surface area contributed by atoms with Gasteiger partial charge < -0.3 is 20.1 Å². The zero-order chi connectivity index (χ0) is 19.7. The molecule has 1 aliphatic rings. The zero-order valence-electron chi connectivity index (χ0n) is 16.4. The number of hydrogen-bond acceptors (Lipinski definition) is 7. The number of phenolic OH excluding ortho intramolecular Hbond substituents is 1. The molecule has 1 saturated heterocycles. The van der Waals surface area contributed by atoms with Crippen molar-refractivity contribution in [2.75, 3.05) is 36.5 Å². The third-order valence-electron chi connectivity index (χ3n) is 5.11. The van der Waals surface area contributed by atoms with Gasteiger partial charge in [0.2, 0.25) is 0 Å². The lowest BCUT2D eigenvalue weighted by molar-refractivity contribution is 0.122. The number of nitrogens with one attached hydrogen (secondary N) is 1. The summed E-state index contributed by atoms with van der Waals surface area (Å²) in [7, 11) is 0. The van der Waals surface area contributed by atoms with Crippen molar-refractivity contribution < 1.29 is 9.84 Å². The molecular weight excluding hydrogens is 354 g/mol. The van der Waals surface area contributed by atoms with E-state index in [4.69, 9.17) is 4.74 Å². The van der Waals surface area contributed by atoms with E-state index in [2.05, 4.69) is 37.5 Å². The fraction of sp³-hybridized carbons (Fsp3) is 0.381. The fourth-order valence-electron chi connectivity index (χ4n) is 3.56. The molecule has 0 bridgehead atoms. The number of anilines is 2. The van der Waals surface area contributed by atoms with Crippen LogP contribution in [0.4, 0.5) is 11.6 Å². The van der Waals surface area contributed by atoms with Crippen LogP contribution < -0.4 is 10.2 Å². The quantitative estimate of drug-likeness (QED) is 0.719. The first-order chi connectivity index (χ1) is 13.5. The summed E-state index contributed by atoms with van der Waals surface area (Å²) in [4.78, 5) is 6.86. The molecule has 1 aromatic carbocycles. The Labute approximate surface area is 164 Å². The summed E-state index contributed by atoms with van der Waals surface area (Å²) in [5.41, 5.74) is 2.86. The smallest absolute Gasteiger partial charge is 0.157 e. The van der Waals surface area contributed by atoms with Crippen LogP contribution in [0, 0.1) is 13.8 Å². The average molecular weight is 379 g/mol. The molecule has 3 aromatic rings. The van der Waals surface area contributed by atoms with E-state index in [9.17, 15) is 5.11 Å². The number of aromatic nitrogens is 3. The van der Waals surface area contributed by atoms with E-state index >= 15 is 0 Å². The van der Waals surface area contributed by atoms with Crippen LogP contribution in [0.2, 0.25) is 0 Å². The molecule has 2 aromatic heterocycles. The van der Waals surface area contributed by atoms with Crippen LogP contribution in [0.5, 0.6) is 5.75 Å². The van der Waals surface area contributed by atoms with E-state index < -0.39 is 0 Å². The Morgan fingerprint density at radius 3 is 2.61 bits per heavy atom. The maximum Gasteiger partial charge on any atom is 0.157 e. The molecule has 28 heavy (non-hydrogen) atoms. The number of aryl methyl sites for hydroxylation is 2. The Balaban J connectivity index is 1.70.